The predicted octanol–water partition coefficient (Wildman–Crippen LogP) is 2.30. The first-order valence-corrected chi connectivity index (χ1v) is 5.83. The molecule has 18 heavy (non-hydrogen) atoms. The summed E-state index contributed by atoms with van der Waals surface area (Å²) < 4.78 is 5.54. The summed E-state index contributed by atoms with van der Waals surface area (Å²) in [6, 6.07) is 7.47. The average molecular weight is 251 g/mol. The molecule has 0 aliphatic rings. The maximum atomic E-state index is 10.3. The van der Waals surface area contributed by atoms with Gasteiger partial charge in [0.05, 0.1) is 19.2 Å². The van der Waals surface area contributed by atoms with E-state index < -0.39 is 5.97 Å². The molecule has 1 rings (SSSR count). The molecule has 1 N–H and O–H groups in total. The first kappa shape index (κ1) is 14.0. The summed E-state index contributed by atoms with van der Waals surface area (Å²) in [6.45, 7) is 2.74. The Kier molecular flexibility index (Phi) is 6.32. The van der Waals surface area contributed by atoms with Crippen LogP contribution >= 0.6 is 0 Å². The molecule has 1 aromatic carbocycles. The van der Waals surface area contributed by atoms with E-state index in [1.807, 2.05) is 31.2 Å². The van der Waals surface area contributed by atoms with Gasteiger partial charge >= 0.3 is 5.97 Å². The number of aliphatic carboxylic acids is 1. The molecule has 0 bridgehead atoms. The lowest BCUT2D eigenvalue weighted by molar-refractivity contribution is -0.138. The Labute approximate surface area is 106 Å². The molecule has 5 nitrogen and oxygen atoms in total. The van der Waals surface area contributed by atoms with Crippen LogP contribution in [0.4, 0.5) is 0 Å². The number of nitrogens with zero attached hydrogens (tertiary/aromatic N) is 1. The number of carbonyl (C=O) groups is 1. The van der Waals surface area contributed by atoms with Crippen molar-refractivity contribution < 1.29 is 19.5 Å². The fraction of sp³-hybridized carbons (Fsp3) is 0.385. The molecule has 0 amide bonds. The van der Waals surface area contributed by atoms with Gasteiger partial charge in [0.1, 0.15) is 12.4 Å². The smallest absolute Gasteiger partial charge is 0.306 e. The lowest BCUT2D eigenvalue weighted by atomic mass is 10.2. The summed E-state index contributed by atoms with van der Waals surface area (Å²) in [6.07, 6.45) is 2.39. The fourth-order valence-corrected chi connectivity index (χ4v) is 1.21. The Morgan fingerprint density at radius 3 is 2.89 bits per heavy atom. The number of hydrogen-bond acceptors (Lipinski definition) is 4. The number of ether oxygens (including phenoxy) is 1. The maximum absolute atomic E-state index is 10.3. The van der Waals surface area contributed by atoms with E-state index in [4.69, 9.17) is 14.7 Å². The van der Waals surface area contributed by atoms with Crippen molar-refractivity contribution in [1.82, 2.24) is 0 Å². The molecule has 0 saturated carbocycles. The van der Waals surface area contributed by atoms with E-state index in [9.17, 15) is 4.79 Å². The second kappa shape index (κ2) is 8.11. The van der Waals surface area contributed by atoms with Crippen LogP contribution in [0.2, 0.25) is 0 Å². The topological polar surface area (TPSA) is 68.1 Å². The summed E-state index contributed by atoms with van der Waals surface area (Å²) in [7, 11) is 0. The Morgan fingerprint density at radius 2 is 2.17 bits per heavy atom. The van der Waals surface area contributed by atoms with Crippen LogP contribution in [-0.2, 0) is 9.63 Å². The second-order valence-corrected chi connectivity index (χ2v) is 3.60. The summed E-state index contributed by atoms with van der Waals surface area (Å²) in [5.41, 5.74) is 0.807. The predicted molar refractivity (Wildman–Crippen MR) is 68.0 cm³/mol. The van der Waals surface area contributed by atoms with Crippen LogP contribution in [0, 0.1) is 0 Å². The highest BCUT2D eigenvalue weighted by Gasteiger charge is 2.00. The molecular formula is C13H17NO4. The summed E-state index contributed by atoms with van der Waals surface area (Å²) in [4.78, 5) is 15.1. The van der Waals surface area contributed by atoms with Crippen molar-refractivity contribution >= 4 is 12.2 Å². The first-order chi connectivity index (χ1) is 8.74. The van der Waals surface area contributed by atoms with Gasteiger partial charge in [-0.3, -0.25) is 4.79 Å². The molecule has 0 fully saturated rings. The highest BCUT2D eigenvalue weighted by molar-refractivity contribution is 5.83. The van der Waals surface area contributed by atoms with E-state index in [-0.39, 0.29) is 13.0 Å². The van der Waals surface area contributed by atoms with E-state index in [0.717, 1.165) is 17.7 Å². The lowest BCUT2D eigenvalue weighted by Crippen LogP contribution is -2.00. The van der Waals surface area contributed by atoms with E-state index >= 15 is 0 Å². The van der Waals surface area contributed by atoms with Crippen molar-refractivity contribution in [3.05, 3.63) is 29.8 Å². The standard InChI is InChI=1S/C13H17NO4/c1-2-8-17-12-6-4-3-5-11(12)10-14-18-9-7-13(15)16/h3-6,10H,2,7-9H2,1H3,(H,15,16)/b14-10+. The maximum Gasteiger partial charge on any atom is 0.306 e. The third kappa shape index (κ3) is 5.34. The minimum atomic E-state index is -0.906. The van der Waals surface area contributed by atoms with Crippen LogP contribution in [0.15, 0.2) is 29.4 Å². The fourth-order valence-electron chi connectivity index (χ4n) is 1.21. The van der Waals surface area contributed by atoms with Crippen LogP contribution < -0.4 is 4.74 Å². The normalized spacial score (nSPS) is 10.5. The number of rotatable bonds is 8. The van der Waals surface area contributed by atoms with Gasteiger partial charge < -0.3 is 14.7 Å². The minimum Gasteiger partial charge on any atom is -0.493 e. The molecule has 0 aliphatic heterocycles. The third-order valence-electron chi connectivity index (χ3n) is 2.05. The van der Waals surface area contributed by atoms with Gasteiger partial charge in [-0.05, 0) is 18.6 Å². The number of carboxylic acid groups (broad SMARTS) is 1. The lowest BCUT2D eigenvalue weighted by Gasteiger charge is -2.06. The zero-order chi connectivity index (χ0) is 13.2. The highest BCUT2D eigenvalue weighted by Crippen LogP contribution is 2.15. The van der Waals surface area contributed by atoms with E-state index in [0.29, 0.717) is 6.61 Å². The molecule has 0 aliphatic carbocycles. The Morgan fingerprint density at radius 1 is 1.39 bits per heavy atom. The van der Waals surface area contributed by atoms with Crippen molar-refractivity contribution in [3.63, 3.8) is 0 Å². The van der Waals surface area contributed by atoms with Gasteiger partial charge in [0.25, 0.3) is 0 Å². The Hall–Kier alpha value is -2.04. The van der Waals surface area contributed by atoms with Crippen LogP contribution in [0.3, 0.4) is 0 Å². The summed E-state index contributed by atoms with van der Waals surface area (Å²) in [5, 5.41) is 12.1. The number of carboxylic acids is 1. The van der Waals surface area contributed by atoms with Gasteiger partial charge in [0.2, 0.25) is 0 Å². The molecule has 5 heteroatoms. The number of benzene rings is 1. The number of hydrogen-bond donors (Lipinski definition) is 1. The van der Waals surface area contributed by atoms with Crippen molar-refractivity contribution in [2.24, 2.45) is 5.16 Å². The zero-order valence-corrected chi connectivity index (χ0v) is 10.3. The van der Waals surface area contributed by atoms with E-state index in [1.54, 1.807) is 0 Å². The van der Waals surface area contributed by atoms with Crippen molar-refractivity contribution in [3.8, 4) is 5.75 Å². The molecule has 0 aromatic heterocycles. The van der Waals surface area contributed by atoms with Crippen LogP contribution in [0.1, 0.15) is 25.3 Å². The Balaban J connectivity index is 2.49. The molecule has 0 unspecified atom stereocenters. The van der Waals surface area contributed by atoms with Gasteiger partial charge in [-0.1, -0.05) is 24.2 Å². The first-order valence-electron chi connectivity index (χ1n) is 5.83. The monoisotopic (exact) mass is 251 g/mol. The largest absolute Gasteiger partial charge is 0.493 e. The molecule has 0 radical (unpaired) electrons. The van der Waals surface area contributed by atoms with E-state index in [1.165, 1.54) is 6.21 Å². The zero-order valence-electron chi connectivity index (χ0n) is 10.3. The highest BCUT2D eigenvalue weighted by atomic mass is 16.6. The van der Waals surface area contributed by atoms with Gasteiger partial charge in [-0.2, -0.15) is 0 Å². The van der Waals surface area contributed by atoms with Crippen LogP contribution in [0.25, 0.3) is 0 Å². The molecule has 0 spiro atoms. The number of para-hydroxylation sites is 1. The van der Waals surface area contributed by atoms with Crippen molar-refractivity contribution in [1.29, 1.82) is 0 Å². The molecule has 0 atom stereocenters. The quantitative estimate of drug-likeness (QED) is 0.437. The van der Waals surface area contributed by atoms with Gasteiger partial charge in [-0.15, -0.1) is 0 Å². The Bertz CT molecular complexity index is 404. The summed E-state index contributed by atoms with van der Waals surface area (Å²) in [5.74, 6) is -0.165. The molecule has 1 aromatic rings. The van der Waals surface area contributed by atoms with E-state index in [2.05, 4.69) is 5.16 Å². The third-order valence-corrected chi connectivity index (χ3v) is 2.05. The van der Waals surface area contributed by atoms with Crippen LogP contribution in [0.5, 0.6) is 5.75 Å². The van der Waals surface area contributed by atoms with Crippen molar-refractivity contribution in [2.75, 3.05) is 13.2 Å². The molecule has 0 heterocycles. The SMILES string of the molecule is CCCOc1ccccc1/C=N/OCCC(=O)O. The van der Waals surface area contributed by atoms with Crippen molar-refractivity contribution in [2.45, 2.75) is 19.8 Å². The molecule has 98 valence electrons. The average Bonchev–Trinajstić information content (AvgIpc) is 2.36. The molecule has 0 saturated heterocycles. The van der Waals surface area contributed by atoms with Gasteiger partial charge in [0, 0.05) is 5.56 Å². The van der Waals surface area contributed by atoms with Gasteiger partial charge in [0.15, 0.2) is 0 Å². The minimum absolute atomic E-state index is 0.0593. The second-order valence-electron chi connectivity index (χ2n) is 3.60. The molecular weight excluding hydrogens is 234 g/mol. The van der Waals surface area contributed by atoms with Gasteiger partial charge in [-0.25, -0.2) is 0 Å². The number of oxime groups is 1. The summed E-state index contributed by atoms with van der Waals surface area (Å²) >= 11 is 0. The van der Waals surface area contributed by atoms with Crippen LogP contribution in [-0.4, -0.2) is 30.5 Å².